The minimum atomic E-state index is 0.154. The molecule has 0 unspecified atom stereocenters. The van der Waals surface area contributed by atoms with Crippen LogP contribution in [0.4, 0.5) is 0 Å². The summed E-state index contributed by atoms with van der Waals surface area (Å²) in [7, 11) is 0. The molecule has 0 radical (unpaired) electrons. The van der Waals surface area contributed by atoms with Crippen LogP contribution in [-0.2, 0) is 17.8 Å². The van der Waals surface area contributed by atoms with E-state index in [-0.39, 0.29) is 5.91 Å². The second kappa shape index (κ2) is 10.1. The van der Waals surface area contributed by atoms with Crippen LogP contribution in [0.25, 0.3) is 11.4 Å². The van der Waals surface area contributed by atoms with E-state index in [9.17, 15) is 4.79 Å². The summed E-state index contributed by atoms with van der Waals surface area (Å²) in [5.41, 5.74) is 4.81. The van der Waals surface area contributed by atoms with Crippen molar-refractivity contribution >= 4 is 5.91 Å². The first kappa shape index (κ1) is 22.2. The molecule has 0 spiro atoms. The van der Waals surface area contributed by atoms with Crippen molar-refractivity contribution in [1.29, 1.82) is 0 Å². The molecule has 6 nitrogen and oxygen atoms in total. The number of hydrogen-bond donors (Lipinski definition) is 0. The summed E-state index contributed by atoms with van der Waals surface area (Å²) in [6.45, 7) is 10.7. The van der Waals surface area contributed by atoms with Crippen LogP contribution in [0.2, 0.25) is 0 Å². The monoisotopic (exact) mass is 432 g/mol. The van der Waals surface area contributed by atoms with Gasteiger partial charge in [0.15, 0.2) is 0 Å². The quantitative estimate of drug-likeness (QED) is 0.552. The van der Waals surface area contributed by atoms with E-state index in [1.807, 2.05) is 36.1 Å². The van der Waals surface area contributed by atoms with Crippen LogP contribution in [0.1, 0.15) is 48.8 Å². The van der Waals surface area contributed by atoms with E-state index in [1.54, 1.807) is 0 Å². The van der Waals surface area contributed by atoms with Crippen LogP contribution < -0.4 is 0 Å². The first-order valence-electron chi connectivity index (χ1n) is 11.5. The molecule has 3 aromatic rings. The summed E-state index contributed by atoms with van der Waals surface area (Å²) in [4.78, 5) is 21.5. The van der Waals surface area contributed by atoms with Crippen LogP contribution >= 0.6 is 0 Å². The third-order valence-corrected chi connectivity index (χ3v) is 6.11. The molecular weight excluding hydrogens is 400 g/mol. The van der Waals surface area contributed by atoms with Crippen molar-refractivity contribution in [3.05, 3.63) is 71.1 Å². The molecule has 1 aromatic heterocycles. The molecule has 0 aliphatic carbocycles. The molecule has 0 atom stereocenters. The van der Waals surface area contributed by atoms with Gasteiger partial charge in [0.2, 0.25) is 17.6 Å². The average Bonchev–Trinajstić information content (AvgIpc) is 3.28. The topological polar surface area (TPSA) is 62.5 Å². The Morgan fingerprint density at radius 3 is 2.34 bits per heavy atom. The Kier molecular flexibility index (Phi) is 7.00. The SMILES string of the molecule is Cc1ccc(-c2noc(CCC(=O)N3CCN(Cc4ccc(C(C)C)cc4)CC3)n2)cc1. The fourth-order valence-corrected chi connectivity index (χ4v) is 3.97. The number of rotatable bonds is 7. The van der Waals surface area contributed by atoms with E-state index >= 15 is 0 Å². The van der Waals surface area contributed by atoms with Crippen molar-refractivity contribution < 1.29 is 9.32 Å². The van der Waals surface area contributed by atoms with E-state index in [0.717, 1.165) is 38.3 Å². The van der Waals surface area contributed by atoms with Crippen LogP contribution in [0, 0.1) is 6.92 Å². The van der Waals surface area contributed by atoms with Gasteiger partial charge < -0.3 is 9.42 Å². The summed E-state index contributed by atoms with van der Waals surface area (Å²) in [6.07, 6.45) is 0.867. The highest BCUT2D eigenvalue weighted by Gasteiger charge is 2.21. The van der Waals surface area contributed by atoms with Gasteiger partial charge in [0.25, 0.3) is 0 Å². The molecule has 1 aliphatic heterocycles. The van der Waals surface area contributed by atoms with Gasteiger partial charge in [0.05, 0.1) is 0 Å². The Bertz CT molecular complexity index is 1020. The zero-order valence-electron chi connectivity index (χ0n) is 19.3. The third kappa shape index (κ3) is 5.62. The zero-order chi connectivity index (χ0) is 22.5. The molecule has 1 amide bonds. The number of piperazine rings is 1. The number of aromatic nitrogens is 2. The van der Waals surface area contributed by atoms with E-state index < -0.39 is 0 Å². The normalized spacial score (nSPS) is 14.8. The fourth-order valence-electron chi connectivity index (χ4n) is 3.97. The highest BCUT2D eigenvalue weighted by Crippen LogP contribution is 2.18. The maximum atomic E-state index is 12.7. The lowest BCUT2D eigenvalue weighted by atomic mass is 10.0. The standard InChI is InChI=1S/C26H32N4O2/c1-19(2)22-10-6-21(7-11-22)18-29-14-16-30(17-15-29)25(31)13-12-24-27-26(28-32-24)23-8-4-20(3)5-9-23/h4-11,19H,12-18H2,1-3H3. The molecule has 1 aliphatic rings. The van der Waals surface area contributed by atoms with Gasteiger partial charge in [-0.05, 0) is 24.0 Å². The van der Waals surface area contributed by atoms with Crippen molar-refractivity contribution in [2.45, 2.75) is 46.1 Å². The van der Waals surface area contributed by atoms with Crippen molar-refractivity contribution in [1.82, 2.24) is 19.9 Å². The predicted molar refractivity (Wildman–Crippen MR) is 125 cm³/mol. The summed E-state index contributed by atoms with van der Waals surface area (Å²) < 4.78 is 5.35. The van der Waals surface area contributed by atoms with E-state index in [0.29, 0.717) is 30.5 Å². The fraction of sp³-hybridized carbons (Fsp3) is 0.423. The predicted octanol–water partition coefficient (Wildman–Crippen LogP) is 4.45. The number of aryl methyl sites for hydroxylation is 2. The van der Waals surface area contributed by atoms with Gasteiger partial charge in [-0.2, -0.15) is 4.98 Å². The highest BCUT2D eigenvalue weighted by atomic mass is 16.5. The van der Waals surface area contributed by atoms with Crippen molar-refractivity contribution in [3.63, 3.8) is 0 Å². The molecule has 168 valence electrons. The van der Waals surface area contributed by atoms with Gasteiger partial charge >= 0.3 is 0 Å². The first-order chi connectivity index (χ1) is 15.5. The highest BCUT2D eigenvalue weighted by molar-refractivity contribution is 5.76. The number of carbonyl (C=O) groups excluding carboxylic acids is 1. The van der Waals surface area contributed by atoms with E-state index in [2.05, 4.69) is 53.2 Å². The van der Waals surface area contributed by atoms with E-state index in [4.69, 9.17) is 4.52 Å². The van der Waals surface area contributed by atoms with Crippen molar-refractivity contribution in [2.75, 3.05) is 26.2 Å². The molecule has 0 saturated carbocycles. The average molecular weight is 433 g/mol. The number of benzene rings is 2. The van der Waals surface area contributed by atoms with Gasteiger partial charge in [-0.25, -0.2) is 0 Å². The Labute approximate surface area is 190 Å². The minimum Gasteiger partial charge on any atom is -0.340 e. The Balaban J connectivity index is 1.22. The molecule has 0 bridgehead atoms. The molecule has 6 heteroatoms. The lowest BCUT2D eigenvalue weighted by molar-refractivity contribution is -0.133. The van der Waals surface area contributed by atoms with Crippen LogP contribution in [0.5, 0.6) is 0 Å². The summed E-state index contributed by atoms with van der Waals surface area (Å²) in [5.74, 6) is 1.79. The van der Waals surface area contributed by atoms with Crippen molar-refractivity contribution in [2.24, 2.45) is 0 Å². The maximum Gasteiger partial charge on any atom is 0.227 e. The second-order valence-corrected chi connectivity index (χ2v) is 8.93. The Hall–Kier alpha value is -2.99. The van der Waals surface area contributed by atoms with Crippen LogP contribution in [0.15, 0.2) is 53.1 Å². The van der Waals surface area contributed by atoms with Crippen LogP contribution in [0.3, 0.4) is 0 Å². The number of nitrogens with zero attached hydrogens (tertiary/aromatic N) is 4. The van der Waals surface area contributed by atoms with Gasteiger partial charge in [-0.3, -0.25) is 9.69 Å². The van der Waals surface area contributed by atoms with Gasteiger partial charge in [0, 0.05) is 51.1 Å². The lowest BCUT2D eigenvalue weighted by Gasteiger charge is -2.34. The Morgan fingerprint density at radius 1 is 1.00 bits per heavy atom. The number of amides is 1. The van der Waals surface area contributed by atoms with Gasteiger partial charge in [-0.15, -0.1) is 0 Å². The molecule has 1 fully saturated rings. The van der Waals surface area contributed by atoms with E-state index in [1.165, 1.54) is 16.7 Å². The largest absolute Gasteiger partial charge is 0.340 e. The Morgan fingerprint density at radius 2 is 1.69 bits per heavy atom. The molecule has 1 saturated heterocycles. The lowest BCUT2D eigenvalue weighted by Crippen LogP contribution is -2.48. The molecule has 2 heterocycles. The molecule has 4 rings (SSSR count). The molecule has 32 heavy (non-hydrogen) atoms. The van der Waals surface area contributed by atoms with Gasteiger partial charge in [-0.1, -0.05) is 73.1 Å². The summed E-state index contributed by atoms with van der Waals surface area (Å²) in [5, 5.41) is 4.05. The summed E-state index contributed by atoms with van der Waals surface area (Å²) in [6, 6.07) is 16.9. The molecule has 2 aromatic carbocycles. The van der Waals surface area contributed by atoms with Gasteiger partial charge in [0.1, 0.15) is 0 Å². The number of hydrogen-bond acceptors (Lipinski definition) is 5. The summed E-state index contributed by atoms with van der Waals surface area (Å²) >= 11 is 0. The first-order valence-corrected chi connectivity index (χ1v) is 11.5. The second-order valence-electron chi connectivity index (χ2n) is 8.93. The minimum absolute atomic E-state index is 0.154. The third-order valence-electron chi connectivity index (χ3n) is 6.11. The van der Waals surface area contributed by atoms with Crippen molar-refractivity contribution in [3.8, 4) is 11.4 Å². The smallest absolute Gasteiger partial charge is 0.227 e. The molecular formula is C26H32N4O2. The maximum absolute atomic E-state index is 12.7. The molecule has 0 N–H and O–H groups in total. The number of carbonyl (C=O) groups is 1. The zero-order valence-corrected chi connectivity index (χ0v) is 19.3. The van der Waals surface area contributed by atoms with Crippen LogP contribution in [-0.4, -0.2) is 52.0 Å².